The Hall–Kier alpha value is -4.83. The van der Waals surface area contributed by atoms with Crippen molar-refractivity contribution in [2.75, 3.05) is 13.1 Å². The Labute approximate surface area is 232 Å². The largest absolute Gasteiger partial charge is 0.508 e. The first-order valence-corrected chi connectivity index (χ1v) is 13.5. The van der Waals surface area contributed by atoms with Crippen LogP contribution in [0.15, 0.2) is 64.3 Å². The number of aromatic nitrogens is 5. The van der Waals surface area contributed by atoms with Crippen LogP contribution in [0.5, 0.6) is 5.75 Å². The number of hydrogen-bond acceptors (Lipinski definition) is 6. The number of hydrogen-bond donors (Lipinski definition) is 3. The van der Waals surface area contributed by atoms with Crippen LogP contribution in [0.2, 0.25) is 0 Å². The summed E-state index contributed by atoms with van der Waals surface area (Å²) >= 11 is 0. The number of halogens is 1. The zero-order chi connectivity index (χ0) is 28.6. The molecule has 0 spiro atoms. The monoisotopic (exact) mass is 550 g/mol. The van der Waals surface area contributed by atoms with Gasteiger partial charge in [-0.05, 0) is 53.4 Å². The van der Waals surface area contributed by atoms with Crippen LogP contribution < -0.4 is 16.6 Å². The quantitative estimate of drug-likeness (QED) is 0.294. The van der Waals surface area contributed by atoms with Gasteiger partial charge in [-0.3, -0.25) is 18.9 Å². The van der Waals surface area contributed by atoms with Crippen molar-refractivity contribution in [1.29, 1.82) is 0 Å². The normalized spacial score (nSPS) is 14.0. The maximum Gasteiger partial charge on any atom is 0.326 e. The van der Waals surface area contributed by atoms with E-state index in [9.17, 15) is 14.7 Å². The molecule has 1 aliphatic rings. The smallest absolute Gasteiger partial charge is 0.326 e. The molecule has 5 heterocycles. The number of H-pyrrole nitrogens is 1. The van der Waals surface area contributed by atoms with Crippen molar-refractivity contribution < 1.29 is 9.50 Å². The molecule has 9 nitrogen and oxygen atoms in total. The van der Waals surface area contributed by atoms with Gasteiger partial charge in [0, 0.05) is 30.2 Å². The molecule has 3 N–H and O–H groups in total. The van der Waals surface area contributed by atoms with E-state index in [0.29, 0.717) is 46.3 Å². The van der Waals surface area contributed by atoms with E-state index in [1.54, 1.807) is 12.3 Å². The molecule has 0 unspecified atom stereocenters. The lowest BCUT2D eigenvalue weighted by Crippen LogP contribution is -2.46. The van der Waals surface area contributed by atoms with Crippen LogP contribution in [-0.4, -0.2) is 42.3 Å². The molecule has 0 atom stereocenters. The maximum absolute atomic E-state index is 16.2. The Morgan fingerprint density at radius 3 is 2.59 bits per heavy atom. The minimum atomic E-state index is -0.640. The Morgan fingerprint density at radius 1 is 1.07 bits per heavy atom. The average molecular weight is 551 g/mol. The lowest BCUT2D eigenvalue weighted by Gasteiger charge is -2.28. The Kier molecular flexibility index (Phi) is 5.58. The Morgan fingerprint density at radius 2 is 1.85 bits per heavy atom. The summed E-state index contributed by atoms with van der Waals surface area (Å²) in [4.78, 5) is 39.7. The minimum Gasteiger partial charge on any atom is -0.508 e. The van der Waals surface area contributed by atoms with E-state index in [4.69, 9.17) is 4.98 Å². The molecule has 0 aliphatic carbocycles. The Balaban J connectivity index is 1.69. The van der Waals surface area contributed by atoms with Crippen molar-refractivity contribution in [2.24, 2.45) is 0 Å². The van der Waals surface area contributed by atoms with E-state index >= 15 is 4.39 Å². The summed E-state index contributed by atoms with van der Waals surface area (Å²) in [6, 6.07) is 13.4. The topological polar surface area (TPSA) is 118 Å². The van der Waals surface area contributed by atoms with Gasteiger partial charge in [-0.15, -0.1) is 0 Å². The van der Waals surface area contributed by atoms with Gasteiger partial charge in [0.2, 0.25) is 0 Å². The third kappa shape index (κ3) is 3.71. The van der Waals surface area contributed by atoms with Gasteiger partial charge in [0.05, 0.1) is 22.9 Å². The molecule has 1 saturated heterocycles. The lowest BCUT2D eigenvalue weighted by atomic mass is 10.00. The maximum atomic E-state index is 16.2. The van der Waals surface area contributed by atoms with Crippen LogP contribution >= 0.6 is 0 Å². The molecule has 0 radical (unpaired) electrons. The summed E-state index contributed by atoms with van der Waals surface area (Å²) in [5, 5.41) is 15.4. The van der Waals surface area contributed by atoms with Crippen molar-refractivity contribution in [1.82, 2.24) is 29.4 Å². The first-order valence-electron chi connectivity index (χ1n) is 13.5. The molecule has 4 aromatic heterocycles. The van der Waals surface area contributed by atoms with Gasteiger partial charge in [-0.1, -0.05) is 38.1 Å². The number of fused-ring (bicyclic) bond motifs is 4. The van der Waals surface area contributed by atoms with E-state index in [1.807, 2.05) is 51.1 Å². The lowest BCUT2D eigenvalue weighted by molar-refractivity contribution is 0.344. The van der Waals surface area contributed by atoms with Crippen LogP contribution in [0.1, 0.15) is 37.1 Å². The Bertz CT molecular complexity index is 2160. The van der Waals surface area contributed by atoms with Gasteiger partial charge in [0.15, 0.2) is 5.65 Å². The highest BCUT2D eigenvalue weighted by molar-refractivity contribution is 6.04. The van der Waals surface area contributed by atoms with Crippen LogP contribution in [0.25, 0.3) is 49.8 Å². The first kappa shape index (κ1) is 25.2. The first-order chi connectivity index (χ1) is 19.7. The second-order valence-electron chi connectivity index (χ2n) is 10.9. The molecular formula is C31H27FN6O3. The van der Waals surface area contributed by atoms with E-state index in [0.717, 1.165) is 10.9 Å². The summed E-state index contributed by atoms with van der Waals surface area (Å²) in [6.07, 6.45) is 1.69. The zero-order valence-corrected chi connectivity index (χ0v) is 22.7. The second-order valence-corrected chi connectivity index (χ2v) is 10.9. The number of aromatic hydroxyl groups is 1. The highest BCUT2D eigenvalue weighted by atomic mass is 19.1. The average Bonchev–Trinajstić information content (AvgIpc) is 3.25. The third-order valence-corrected chi connectivity index (χ3v) is 7.92. The van der Waals surface area contributed by atoms with Crippen molar-refractivity contribution in [3.63, 3.8) is 0 Å². The number of aryl methyl sites for hydroxylation is 1. The van der Waals surface area contributed by atoms with Gasteiger partial charge in [0.1, 0.15) is 22.8 Å². The number of rotatable bonds is 4. The van der Waals surface area contributed by atoms with E-state index in [1.165, 1.54) is 21.3 Å². The van der Waals surface area contributed by atoms with Gasteiger partial charge < -0.3 is 15.4 Å². The van der Waals surface area contributed by atoms with Gasteiger partial charge in [-0.2, -0.15) is 0 Å². The van der Waals surface area contributed by atoms with Gasteiger partial charge in [0.25, 0.3) is 5.56 Å². The van der Waals surface area contributed by atoms with Crippen LogP contribution in [-0.2, 0) is 0 Å². The molecule has 206 valence electrons. The van der Waals surface area contributed by atoms with Crippen molar-refractivity contribution in [2.45, 2.75) is 32.7 Å². The van der Waals surface area contributed by atoms with E-state index in [-0.39, 0.29) is 34.6 Å². The predicted molar refractivity (Wildman–Crippen MR) is 157 cm³/mol. The van der Waals surface area contributed by atoms with Crippen molar-refractivity contribution in [3.05, 3.63) is 92.6 Å². The molecule has 0 bridgehead atoms. The van der Waals surface area contributed by atoms with Crippen LogP contribution in [0, 0.1) is 12.7 Å². The number of imidazole rings is 1. The number of phenols is 1. The molecule has 41 heavy (non-hydrogen) atoms. The van der Waals surface area contributed by atoms with Crippen LogP contribution in [0.3, 0.4) is 0 Å². The minimum absolute atomic E-state index is 0.0144. The molecule has 7 rings (SSSR count). The summed E-state index contributed by atoms with van der Waals surface area (Å²) in [6.45, 7) is 6.96. The highest BCUT2D eigenvalue weighted by Gasteiger charge is 2.29. The molecule has 1 aliphatic heterocycles. The molecule has 1 fully saturated rings. The standard InChI is InChI=1S/C31H27FN6O3/c1-15(2)24-27(16(3)8-9-34-24)38-29-22(28-26(30(38)40)36-31(41)37(28)18-13-33-14-18)12-23(32)25(35-29)21-11-19(39)10-17-6-4-5-7-20(17)21/h4-12,15,18,33,39H,13-14H2,1-3H3,(H,36,41). The second kappa shape index (κ2) is 9.10. The molecular weight excluding hydrogens is 523 g/mol. The summed E-state index contributed by atoms with van der Waals surface area (Å²) < 4.78 is 19.2. The zero-order valence-electron chi connectivity index (χ0n) is 22.7. The van der Waals surface area contributed by atoms with Gasteiger partial charge >= 0.3 is 5.69 Å². The van der Waals surface area contributed by atoms with E-state index in [2.05, 4.69) is 15.3 Å². The molecule has 6 aromatic rings. The fourth-order valence-electron chi connectivity index (χ4n) is 5.88. The number of aromatic amines is 1. The molecule has 0 amide bonds. The fourth-order valence-corrected chi connectivity index (χ4v) is 5.88. The third-order valence-electron chi connectivity index (χ3n) is 7.92. The summed E-state index contributed by atoms with van der Waals surface area (Å²) in [5.74, 6) is -0.712. The fraction of sp³-hybridized carbons (Fsp3) is 0.226. The van der Waals surface area contributed by atoms with Crippen LogP contribution in [0.4, 0.5) is 4.39 Å². The number of nitrogens with one attached hydrogen (secondary N) is 2. The predicted octanol–water partition coefficient (Wildman–Crippen LogP) is 4.66. The highest BCUT2D eigenvalue weighted by Crippen LogP contribution is 2.36. The molecule has 2 aromatic carbocycles. The van der Waals surface area contributed by atoms with Gasteiger partial charge in [-0.25, -0.2) is 14.2 Å². The number of benzene rings is 2. The van der Waals surface area contributed by atoms with Crippen molar-refractivity contribution >= 4 is 32.8 Å². The molecule has 0 saturated carbocycles. The summed E-state index contributed by atoms with van der Waals surface area (Å²) in [7, 11) is 0. The SMILES string of the molecule is Cc1ccnc(C(C)C)c1-n1c(=O)c2[nH]c(=O)n(C3CNC3)c2c2cc(F)c(-c3cc(O)cc4ccccc34)nc21. The number of nitrogens with zero attached hydrogens (tertiary/aromatic N) is 4. The van der Waals surface area contributed by atoms with E-state index < -0.39 is 17.1 Å². The molecule has 10 heteroatoms. The summed E-state index contributed by atoms with van der Waals surface area (Å²) in [5.41, 5.74) is 2.08. The number of phenolic OH excluding ortho intramolecular Hbond substituents is 1. The van der Waals surface area contributed by atoms with Crippen molar-refractivity contribution in [3.8, 4) is 22.7 Å². The number of pyridine rings is 3.